The van der Waals surface area contributed by atoms with E-state index in [0.29, 0.717) is 13.2 Å². The van der Waals surface area contributed by atoms with E-state index in [1.54, 1.807) is 19.2 Å². The van der Waals surface area contributed by atoms with Gasteiger partial charge in [-0.25, -0.2) is 9.78 Å². The van der Waals surface area contributed by atoms with E-state index in [1.165, 1.54) is 0 Å². The van der Waals surface area contributed by atoms with Crippen LogP contribution in [0.5, 0.6) is 0 Å². The number of carboxylic acid groups (broad SMARTS) is 1. The van der Waals surface area contributed by atoms with E-state index >= 15 is 0 Å². The number of carboxylic acids is 1. The topological polar surface area (TPSA) is 87.2 Å². The second kappa shape index (κ2) is 6.50. The largest absolute Gasteiger partial charge is 0.478 e. The standard InChI is InChI=1S/C17H17N3O3/c1-23-9-8-18-15-10-14(13-6-7-19-16(13)20-15)11-2-4-12(5-3-11)17(21)22/h2-7,10H,8-9H2,1H3,(H,21,22)(H2,18,19,20). The number of hydrogen-bond donors (Lipinski definition) is 3. The third-order valence-electron chi connectivity index (χ3n) is 3.58. The SMILES string of the molecule is COCCNc1cc(-c2ccc(C(=O)O)cc2)c2cc[nH]c2n1. The Morgan fingerprint density at radius 1 is 1.30 bits per heavy atom. The molecule has 0 unspecified atom stereocenters. The van der Waals surface area contributed by atoms with Crippen LogP contribution in [-0.4, -0.2) is 41.3 Å². The van der Waals surface area contributed by atoms with Gasteiger partial charge in [-0.05, 0) is 35.4 Å². The smallest absolute Gasteiger partial charge is 0.335 e. The maximum Gasteiger partial charge on any atom is 0.335 e. The minimum atomic E-state index is -0.931. The Morgan fingerprint density at radius 2 is 2.09 bits per heavy atom. The highest BCUT2D eigenvalue weighted by Gasteiger charge is 2.10. The zero-order chi connectivity index (χ0) is 16.2. The number of pyridine rings is 1. The molecule has 0 radical (unpaired) electrons. The van der Waals surface area contributed by atoms with E-state index < -0.39 is 5.97 Å². The van der Waals surface area contributed by atoms with Crippen LogP contribution in [0.3, 0.4) is 0 Å². The van der Waals surface area contributed by atoms with Crippen LogP contribution in [0.2, 0.25) is 0 Å². The summed E-state index contributed by atoms with van der Waals surface area (Å²) in [7, 11) is 1.65. The van der Waals surface area contributed by atoms with E-state index in [9.17, 15) is 4.79 Å². The number of ether oxygens (including phenoxy) is 1. The van der Waals surface area contributed by atoms with Crippen LogP contribution < -0.4 is 5.32 Å². The van der Waals surface area contributed by atoms with Gasteiger partial charge in [0.25, 0.3) is 0 Å². The highest BCUT2D eigenvalue weighted by atomic mass is 16.5. The normalized spacial score (nSPS) is 10.8. The summed E-state index contributed by atoms with van der Waals surface area (Å²) < 4.78 is 5.03. The molecule has 6 heteroatoms. The van der Waals surface area contributed by atoms with Crippen LogP contribution in [0.25, 0.3) is 22.2 Å². The quantitative estimate of drug-likeness (QED) is 0.609. The number of H-pyrrole nitrogens is 1. The van der Waals surface area contributed by atoms with Gasteiger partial charge in [0.05, 0.1) is 12.2 Å². The van der Waals surface area contributed by atoms with Gasteiger partial charge in [-0.15, -0.1) is 0 Å². The second-order valence-electron chi connectivity index (χ2n) is 5.10. The van der Waals surface area contributed by atoms with Gasteiger partial charge in [-0.1, -0.05) is 12.1 Å². The summed E-state index contributed by atoms with van der Waals surface area (Å²) in [5, 5.41) is 13.2. The maximum absolute atomic E-state index is 11.0. The Morgan fingerprint density at radius 3 is 2.78 bits per heavy atom. The Hall–Kier alpha value is -2.86. The summed E-state index contributed by atoms with van der Waals surface area (Å²) in [6, 6.07) is 10.8. The number of aromatic amines is 1. The molecule has 2 heterocycles. The van der Waals surface area contributed by atoms with Crippen molar-refractivity contribution < 1.29 is 14.6 Å². The van der Waals surface area contributed by atoms with Gasteiger partial charge in [0.15, 0.2) is 0 Å². The predicted octanol–water partition coefficient (Wildman–Crippen LogP) is 2.99. The van der Waals surface area contributed by atoms with Gasteiger partial charge in [0.2, 0.25) is 0 Å². The average molecular weight is 311 g/mol. The molecule has 0 aliphatic rings. The number of fused-ring (bicyclic) bond motifs is 1. The number of nitrogens with zero attached hydrogens (tertiary/aromatic N) is 1. The van der Waals surface area contributed by atoms with Crippen LogP contribution in [0.15, 0.2) is 42.6 Å². The third-order valence-corrected chi connectivity index (χ3v) is 3.58. The highest BCUT2D eigenvalue weighted by Crippen LogP contribution is 2.30. The summed E-state index contributed by atoms with van der Waals surface area (Å²) in [6.07, 6.45) is 1.84. The summed E-state index contributed by atoms with van der Waals surface area (Å²) in [5.74, 6) is -0.186. The number of hydrogen-bond acceptors (Lipinski definition) is 4. The molecule has 0 amide bonds. The Balaban J connectivity index is 2.00. The van der Waals surface area contributed by atoms with Crippen LogP contribution >= 0.6 is 0 Å². The second-order valence-corrected chi connectivity index (χ2v) is 5.10. The van der Waals surface area contributed by atoms with Gasteiger partial charge in [0, 0.05) is 25.2 Å². The first-order chi connectivity index (χ1) is 11.2. The highest BCUT2D eigenvalue weighted by molar-refractivity contribution is 5.95. The van der Waals surface area contributed by atoms with Gasteiger partial charge in [-0.2, -0.15) is 0 Å². The molecular weight excluding hydrogens is 294 g/mol. The van der Waals surface area contributed by atoms with Crippen molar-refractivity contribution in [1.82, 2.24) is 9.97 Å². The first-order valence-electron chi connectivity index (χ1n) is 7.23. The van der Waals surface area contributed by atoms with Crippen molar-refractivity contribution in [2.75, 3.05) is 25.6 Å². The van der Waals surface area contributed by atoms with Crippen molar-refractivity contribution in [2.45, 2.75) is 0 Å². The number of aromatic nitrogens is 2. The van der Waals surface area contributed by atoms with Crippen molar-refractivity contribution in [3.05, 3.63) is 48.2 Å². The Labute approximate surface area is 133 Å². The molecule has 2 aromatic heterocycles. The van der Waals surface area contributed by atoms with E-state index in [-0.39, 0.29) is 5.56 Å². The van der Waals surface area contributed by atoms with E-state index in [2.05, 4.69) is 15.3 Å². The molecule has 118 valence electrons. The van der Waals surface area contributed by atoms with Crippen LogP contribution in [0.4, 0.5) is 5.82 Å². The van der Waals surface area contributed by atoms with Gasteiger partial charge >= 0.3 is 5.97 Å². The van der Waals surface area contributed by atoms with Gasteiger partial charge in [0.1, 0.15) is 11.5 Å². The number of anilines is 1. The lowest BCUT2D eigenvalue weighted by Gasteiger charge is -2.09. The van der Waals surface area contributed by atoms with Crippen molar-refractivity contribution in [3.8, 4) is 11.1 Å². The minimum absolute atomic E-state index is 0.270. The van der Waals surface area contributed by atoms with Crippen LogP contribution in [0.1, 0.15) is 10.4 Å². The van der Waals surface area contributed by atoms with E-state index in [0.717, 1.165) is 28.0 Å². The molecule has 0 atom stereocenters. The molecule has 3 rings (SSSR count). The van der Waals surface area contributed by atoms with Crippen LogP contribution in [0, 0.1) is 0 Å². The number of rotatable bonds is 6. The summed E-state index contributed by atoms with van der Waals surface area (Å²) in [4.78, 5) is 18.6. The zero-order valence-corrected chi connectivity index (χ0v) is 12.7. The number of carbonyl (C=O) groups is 1. The van der Waals surface area contributed by atoms with Gasteiger partial charge in [-0.3, -0.25) is 0 Å². The molecule has 0 saturated heterocycles. The number of nitrogens with one attached hydrogen (secondary N) is 2. The first kappa shape index (κ1) is 15.1. The molecule has 23 heavy (non-hydrogen) atoms. The number of benzene rings is 1. The lowest BCUT2D eigenvalue weighted by Crippen LogP contribution is -2.09. The molecule has 0 aliphatic heterocycles. The summed E-state index contributed by atoms with van der Waals surface area (Å²) >= 11 is 0. The average Bonchev–Trinajstić information content (AvgIpc) is 3.03. The molecule has 0 spiro atoms. The summed E-state index contributed by atoms with van der Waals surface area (Å²) in [6.45, 7) is 1.25. The molecule has 6 nitrogen and oxygen atoms in total. The predicted molar refractivity (Wildman–Crippen MR) is 88.9 cm³/mol. The maximum atomic E-state index is 11.0. The monoisotopic (exact) mass is 311 g/mol. The molecule has 3 N–H and O–H groups in total. The lowest BCUT2D eigenvalue weighted by molar-refractivity contribution is 0.0697. The van der Waals surface area contributed by atoms with Crippen molar-refractivity contribution in [2.24, 2.45) is 0 Å². The first-order valence-corrected chi connectivity index (χ1v) is 7.23. The minimum Gasteiger partial charge on any atom is -0.478 e. The van der Waals surface area contributed by atoms with E-state index in [4.69, 9.17) is 9.84 Å². The molecule has 0 aliphatic carbocycles. The summed E-state index contributed by atoms with van der Waals surface area (Å²) in [5.41, 5.74) is 2.99. The fraction of sp³-hybridized carbons (Fsp3) is 0.176. The Kier molecular flexibility index (Phi) is 4.25. The van der Waals surface area contributed by atoms with Crippen molar-refractivity contribution in [3.63, 3.8) is 0 Å². The number of methoxy groups -OCH3 is 1. The van der Waals surface area contributed by atoms with Crippen molar-refractivity contribution >= 4 is 22.8 Å². The lowest BCUT2D eigenvalue weighted by atomic mass is 10.0. The third kappa shape index (κ3) is 3.17. The molecule has 0 fully saturated rings. The Bertz CT molecular complexity index is 825. The molecule has 0 bridgehead atoms. The zero-order valence-electron chi connectivity index (χ0n) is 12.7. The van der Waals surface area contributed by atoms with Gasteiger partial charge < -0.3 is 20.1 Å². The fourth-order valence-electron chi connectivity index (χ4n) is 2.44. The van der Waals surface area contributed by atoms with Crippen molar-refractivity contribution in [1.29, 1.82) is 0 Å². The molecular formula is C17H17N3O3. The molecule has 3 aromatic rings. The fourth-order valence-corrected chi connectivity index (χ4v) is 2.44. The molecule has 0 saturated carbocycles. The van der Waals surface area contributed by atoms with Crippen LogP contribution in [-0.2, 0) is 4.74 Å². The molecule has 1 aromatic carbocycles. The van der Waals surface area contributed by atoms with E-state index in [1.807, 2.05) is 30.5 Å². The number of aromatic carboxylic acids is 1.